The molecule has 0 bridgehead atoms. The Bertz CT molecular complexity index is 283. The summed E-state index contributed by atoms with van der Waals surface area (Å²) in [6, 6.07) is 0.443. The fourth-order valence-corrected chi connectivity index (χ4v) is 3.40. The lowest BCUT2D eigenvalue weighted by Crippen LogP contribution is -2.52. The van der Waals surface area contributed by atoms with E-state index >= 15 is 0 Å². The van der Waals surface area contributed by atoms with Crippen LogP contribution in [0, 0.1) is 11.3 Å². The lowest BCUT2D eigenvalue weighted by molar-refractivity contribution is -0.0497. The third-order valence-corrected chi connectivity index (χ3v) is 4.65. The number of likely N-dealkylation sites (N-methyl/N-ethyl adjacent to an activating group) is 1. The summed E-state index contributed by atoms with van der Waals surface area (Å²) in [5.74, 6) is 0.633. The molecule has 3 nitrogen and oxygen atoms in total. The maximum Gasteiger partial charge on any atom is 0.0749 e. The number of hydrogen-bond acceptors (Lipinski definition) is 3. The van der Waals surface area contributed by atoms with Crippen molar-refractivity contribution in [1.29, 1.82) is 0 Å². The van der Waals surface area contributed by atoms with Gasteiger partial charge in [0, 0.05) is 19.7 Å². The highest BCUT2D eigenvalue weighted by Gasteiger charge is 2.39. The van der Waals surface area contributed by atoms with E-state index in [2.05, 4.69) is 46.6 Å². The molecule has 0 aromatic rings. The molecule has 0 saturated heterocycles. The van der Waals surface area contributed by atoms with E-state index < -0.39 is 0 Å². The molecule has 0 heterocycles. The Hall–Kier alpha value is -0.120. The van der Waals surface area contributed by atoms with Crippen molar-refractivity contribution >= 4 is 0 Å². The highest BCUT2D eigenvalue weighted by Crippen LogP contribution is 2.40. The number of aliphatic hydroxyl groups is 1. The van der Waals surface area contributed by atoms with Crippen molar-refractivity contribution in [2.24, 2.45) is 11.3 Å². The minimum absolute atomic E-state index is 0.139. The van der Waals surface area contributed by atoms with Gasteiger partial charge in [-0.25, -0.2) is 0 Å². The summed E-state index contributed by atoms with van der Waals surface area (Å²) in [4.78, 5) is 2.39. The number of rotatable bonds is 4. The van der Waals surface area contributed by atoms with Crippen molar-refractivity contribution in [2.75, 3.05) is 20.7 Å². The minimum Gasteiger partial charge on any atom is -0.393 e. The van der Waals surface area contributed by atoms with Crippen molar-refractivity contribution < 1.29 is 9.84 Å². The van der Waals surface area contributed by atoms with Crippen LogP contribution in [-0.2, 0) is 4.74 Å². The van der Waals surface area contributed by atoms with Crippen LogP contribution in [0.15, 0.2) is 0 Å². The average molecular weight is 271 g/mol. The van der Waals surface area contributed by atoms with Crippen LogP contribution in [0.25, 0.3) is 0 Å². The molecule has 0 aromatic carbocycles. The van der Waals surface area contributed by atoms with Crippen molar-refractivity contribution in [3.63, 3.8) is 0 Å². The molecule has 3 heteroatoms. The first-order chi connectivity index (χ1) is 8.57. The summed E-state index contributed by atoms with van der Waals surface area (Å²) in [5, 5.41) is 10.0. The monoisotopic (exact) mass is 271 g/mol. The van der Waals surface area contributed by atoms with E-state index in [0.29, 0.717) is 12.0 Å². The van der Waals surface area contributed by atoms with Gasteiger partial charge in [0.05, 0.1) is 11.7 Å². The zero-order valence-electron chi connectivity index (χ0n) is 13.9. The Kier molecular flexibility index (Phi) is 5.44. The first kappa shape index (κ1) is 16.9. The molecular weight excluding hydrogens is 238 g/mol. The van der Waals surface area contributed by atoms with E-state index in [9.17, 15) is 5.11 Å². The zero-order chi connectivity index (χ0) is 14.8. The molecule has 19 heavy (non-hydrogen) atoms. The fourth-order valence-electron chi connectivity index (χ4n) is 3.40. The third kappa shape index (κ3) is 4.73. The fraction of sp³-hybridized carbons (Fsp3) is 1.00. The van der Waals surface area contributed by atoms with E-state index in [-0.39, 0.29) is 17.1 Å². The topological polar surface area (TPSA) is 32.7 Å². The molecule has 114 valence electrons. The lowest BCUT2D eigenvalue weighted by atomic mass is 9.68. The van der Waals surface area contributed by atoms with Gasteiger partial charge in [-0.2, -0.15) is 0 Å². The quantitative estimate of drug-likeness (QED) is 0.853. The summed E-state index contributed by atoms with van der Waals surface area (Å²) in [6.07, 6.45) is 2.81. The van der Waals surface area contributed by atoms with Crippen LogP contribution in [0.4, 0.5) is 0 Å². The maximum absolute atomic E-state index is 10.0. The molecule has 1 fully saturated rings. The number of aliphatic hydroxyl groups excluding tert-OH is 1. The molecule has 1 aliphatic rings. The summed E-state index contributed by atoms with van der Waals surface area (Å²) >= 11 is 0. The third-order valence-electron chi connectivity index (χ3n) is 4.65. The lowest BCUT2D eigenvalue weighted by Gasteiger charge is -2.47. The van der Waals surface area contributed by atoms with Crippen LogP contribution in [0.5, 0.6) is 0 Å². The van der Waals surface area contributed by atoms with Gasteiger partial charge < -0.3 is 14.7 Å². The van der Waals surface area contributed by atoms with E-state index in [4.69, 9.17) is 4.74 Å². The van der Waals surface area contributed by atoms with Gasteiger partial charge in [0.25, 0.3) is 0 Å². The molecule has 0 aromatic heterocycles. The molecule has 3 unspecified atom stereocenters. The van der Waals surface area contributed by atoms with Gasteiger partial charge in [-0.3, -0.25) is 0 Å². The van der Waals surface area contributed by atoms with E-state index in [0.717, 1.165) is 25.8 Å². The highest BCUT2D eigenvalue weighted by molar-refractivity contribution is 4.92. The summed E-state index contributed by atoms with van der Waals surface area (Å²) in [7, 11) is 3.94. The number of methoxy groups -OCH3 is 1. The van der Waals surface area contributed by atoms with Crippen LogP contribution in [0.1, 0.15) is 53.9 Å². The van der Waals surface area contributed by atoms with Crippen LogP contribution in [0.3, 0.4) is 0 Å². The Balaban J connectivity index is 2.79. The van der Waals surface area contributed by atoms with Crippen LogP contribution in [-0.4, -0.2) is 48.5 Å². The second kappa shape index (κ2) is 6.11. The van der Waals surface area contributed by atoms with Crippen LogP contribution < -0.4 is 0 Å². The van der Waals surface area contributed by atoms with Gasteiger partial charge in [0.2, 0.25) is 0 Å². The van der Waals surface area contributed by atoms with E-state index in [1.54, 1.807) is 7.11 Å². The molecular formula is C16H33NO2. The van der Waals surface area contributed by atoms with Crippen molar-refractivity contribution in [2.45, 2.75) is 71.6 Å². The standard InChI is InChI=1S/C16H33NO2/c1-15(2,3)13-9-8-12(18)10-14(13)17(6)11-16(4,5)19-7/h12-14,18H,8-11H2,1-7H3. The summed E-state index contributed by atoms with van der Waals surface area (Å²) < 4.78 is 5.54. The summed E-state index contributed by atoms with van der Waals surface area (Å²) in [6.45, 7) is 12.1. The Labute approximate surface area is 119 Å². The second-order valence-electron chi connectivity index (χ2n) is 7.89. The number of nitrogens with zero attached hydrogens (tertiary/aromatic N) is 1. The predicted octanol–water partition coefficient (Wildman–Crippen LogP) is 2.92. The maximum atomic E-state index is 10.0. The molecule has 1 aliphatic carbocycles. The van der Waals surface area contributed by atoms with E-state index in [1.165, 1.54) is 0 Å². The van der Waals surface area contributed by atoms with Crippen molar-refractivity contribution in [3.8, 4) is 0 Å². The van der Waals surface area contributed by atoms with Gasteiger partial charge in [0.1, 0.15) is 0 Å². The Morgan fingerprint density at radius 1 is 1.16 bits per heavy atom. The first-order valence-electron chi connectivity index (χ1n) is 7.50. The average Bonchev–Trinajstić information content (AvgIpc) is 2.26. The van der Waals surface area contributed by atoms with Crippen molar-refractivity contribution in [1.82, 2.24) is 4.90 Å². The zero-order valence-corrected chi connectivity index (χ0v) is 13.9. The molecule has 0 aliphatic heterocycles. The van der Waals surface area contributed by atoms with Gasteiger partial charge in [-0.15, -0.1) is 0 Å². The van der Waals surface area contributed by atoms with Crippen LogP contribution in [0.2, 0.25) is 0 Å². The SMILES string of the molecule is COC(C)(C)CN(C)C1CC(O)CCC1C(C)(C)C. The number of hydrogen-bond donors (Lipinski definition) is 1. The van der Waals surface area contributed by atoms with Gasteiger partial charge in [-0.1, -0.05) is 20.8 Å². The van der Waals surface area contributed by atoms with E-state index in [1.807, 2.05) is 0 Å². The molecule has 1 N–H and O–H groups in total. The molecule has 0 amide bonds. The molecule has 0 spiro atoms. The van der Waals surface area contributed by atoms with Gasteiger partial charge in [0.15, 0.2) is 0 Å². The molecule has 3 atom stereocenters. The summed E-state index contributed by atoms with van der Waals surface area (Å²) in [5.41, 5.74) is 0.149. The van der Waals surface area contributed by atoms with Gasteiger partial charge >= 0.3 is 0 Å². The first-order valence-corrected chi connectivity index (χ1v) is 7.50. The highest BCUT2D eigenvalue weighted by atomic mass is 16.5. The Morgan fingerprint density at radius 2 is 1.74 bits per heavy atom. The normalized spacial score (nSPS) is 29.8. The molecule has 1 rings (SSSR count). The predicted molar refractivity (Wildman–Crippen MR) is 80.3 cm³/mol. The molecule has 0 radical (unpaired) electrons. The number of ether oxygens (including phenoxy) is 1. The van der Waals surface area contributed by atoms with Crippen LogP contribution >= 0.6 is 0 Å². The molecule has 1 saturated carbocycles. The van der Waals surface area contributed by atoms with Gasteiger partial charge in [-0.05, 0) is 51.5 Å². The smallest absolute Gasteiger partial charge is 0.0749 e. The second-order valence-corrected chi connectivity index (χ2v) is 7.89. The largest absolute Gasteiger partial charge is 0.393 e. The minimum atomic E-state index is -0.142. The Morgan fingerprint density at radius 3 is 2.21 bits per heavy atom. The van der Waals surface area contributed by atoms with Crippen molar-refractivity contribution in [3.05, 3.63) is 0 Å².